The van der Waals surface area contributed by atoms with Crippen LogP contribution in [-0.4, -0.2) is 39.9 Å². The number of nitrogens with zero attached hydrogens (tertiary/aromatic N) is 2. The molecule has 1 aliphatic rings. The number of nitro benzene ring substituents is 1. The van der Waals surface area contributed by atoms with E-state index in [1.165, 1.54) is 6.07 Å². The molecule has 118 valence electrons. The highest BCUT2D eigenvalue weighted by molar-refractivity contribution is 5.80. The van der Waals surface area contributed by atoms with Crippen molar-refractivity contribution in [2.75, 3.05) is 13.1 Å². The summed E-state index contributed by atoms with van der Waals surface area (Å²) in [6.07, 6.45) is 1.01. The van der Waals surface area contributed by atoms with Crippen molar-refractivity contribution in [3.05, 3.63) is 39.4 Å². The van der Waals surface area contributed by atoms with E-state index in [0.717, 1.165) is 0 Å². The summed E-state index contributed by atoms with van der Waals surface area (Å²) < 4.78 is 0. The average Bonchev–Trinajstić information content (AvgIpc) is 2.49. The van der Waals surface area contributed by atoms with E-state index >= 15 is 0 Å². The maximum Gasteiger partial charge on any atom is 0.306 e. The van der Waals surface area contributed by atoms with Crippen LogP contribution in [0.25, 0.3) is 0 Å². The molecular weight excluding hydrogens is 288 g/mol. The zero-order valence-electron chi connectivity index (χ0n) is 12.3. The fraction of sp³-hybridized carbons (Fsp3) is 0.467. The number of carboxylic acid groups (broad SMARTS) is 1. The lowest BCUT2D eigenvalue weighted by molar-refractivity contribution is -0.385. The van der Waals surface area contributed by atoms with Gasteiger partial charge in [-0.1, -0.05) is 12.1 Å². The van der Waals surface area contributed by atoms with Crippen molar-refractivity contribution < 1.29 is 19.6 Å². The Kier molecular flexibility index (Phi) is 4.75. The second-order valence-corrected chi connectivity index (χ2v) is 5.49. The maximum absolute atomic E-state index is 12.3. The van der Waals surface area contributed by atoms with Crippen molar-refractivity contribution in [3.63, 3.8) is 0 Å². The lowest BCUT2D eigenvalue weighted by Crippen LogP contribution is -2.41. The molecule has 7 heteroatoms. The molecule has 1 aromatic rings. The number of piperidine rings is 1. The molecule has 0 aromatic heterocycles. The SMILES string of the molecule is Cc1c(CC(=O)N2CCC(C(=O)O)CC2)cccc1[N+](=O)[O-]. The summed E-state index contributed by atoms with van der Waals surface area (Å²) >= 11 is 0. The first-order valence-electron chi connectivity index (χ1n) is 7.13. The van der Waals surface area contributed by atoms with Crippen molar-refractivity contribution in [2.24, 2.45) is 5.92 Å². The first kappa shape index (κ1) is 15.9. The fourth-order valence-corrected chi connectivity index (χ4v) is 2.71. The molecule has 1 heterocycles. The van der Waals surface area contributed by atoms with E-state index in [1.54, 1.807) is 24.0 Å². The Hall–Kier alpha value is -2.44. The van der Waals surface area contributed by atoms with Gasteiger partial charge in [0.15, 0.2) is 0 Å². The lowest BCUT2D eigenvalue weighted by Gasteiger charge is -2.30. The number of nitro groups is 1. The van der Waals surface area contributed by atoms with Crippen LogP contribution in [0.5, 0.6) is 0 Å². The molecule has 0 spiro atoms. The van der Waals surface area contributed by atoms with Crippen LogP contribution in [0.15, 0.2) is 18.2 Å². The number of rotatable bonds is 4. The van der Waals surface area contributed by atoms with Crippen LogP contribution in [0.4, 0.5) is 5.69 Å². The van der Waals surface area contributed by atoms with Gasteiger partial charge in [-0.3, -0.25) is 19.7 Å². The van der Waals surface area contributed by atoms with Crippen LogP contribution in [0.1, 0.15) is 24.0 Å². The molecule has 0 unspecified atom stereocenters. The van der Waals surface area contributed by atoms with E-state index in [0.29, 0.717) is 37.1 Å². The molecule has 0 aliphatic carbocycles. The molecule has 1 saturated heterocycles. The molecular formula is C15H18N2O5. The molecule has 0 saturated carbocycles. The van der Waals surface area contributed by atoms with E-state index in [2.05, 4.69) is 0 Å². The predicted octanol–water partition coefficient (Wildman–Crippen LogP) is 1.77. The molecule has 2 rings (SSSR count). The summed E-state index contributed by atoms with van der Waals surface area (Å²) in [4.78, 5) is 35.3. The molecule has 1 aromatic carbocycles. The highest BCUT2D eigenvalue weighted by Crippen LogP contribution is 2.23. The van der Waals surface area contributed by atoms with Gasteiger partial charge >= 0.3 is 5.97 Å². The number of amides is 1. The van der Waals surface area contributed by atoms with Crippen molar-refractivity contribution in [1.82, 2.24) is 4.90 Å². The number of aliphatic carboxylic acids is 1. The number of carbonyl (C=O) groups is 2. The Labute approximate surface area is 127 Å². The van der Waals surface area contributed by atoms with Gasteiger partial charge < -0.3 is 10.0 Å². The van der Waals surface area contributed by atoms with Gasteiger partial charge in [-0.25, -0.2) is 0 Å². The third-order valence-electron chi connectivity index (χ3n) is 4.15. The molecule has 22 heavy (non-hydrogen) atoms. The number of likely N-dealkylation sites (tertiary alicyclic amines) is 1. The van der Waals surface area contributed by atoms with Crippen molar-refractivity contribution in [3.8, 4) is 0 Å². The second kappa shape index (κ2) is 6.55. The van der Waals surface area contributed by atoms with E-state index in [4.69, 9.17) is 5.11 Å². The van der Waals surface area contributed by atoms with E-state index < -0.39 is 10.9 Å². The molecule has 1 N–H and O–H groups in total. The van der Waals surface area contributed by atoms with Crippen LogP contribution in [-0.2, 0) is 16.0 Å². The van der Waals surface area contributed by atoms with Crippen molar-refractivity contribution >= 4 is 17.6 Å². The van der Waals surface area contributed by atoms with Gasteiger partial charge in [0.25, 0.3) is 5.69 Å². The van der Waals surface area contributed by atoms with Crippen LogP contribution in [0, 0.1) is 23.0 Å². The topological polar surface area (TPSA) is 101 Å². The summed E-state index contributed by atoms with van der Waals surface area (Å²) in [6, 6.07) is 4.70. The second-order valence-electron chi connectivity index (χ2n) is 5.49. The number of carbonyl (C=O) groups excluding carboxylic acids is 1. The number of hydrogen-bond acceptors (Lipinski definition) is 4. The smallest absolute Gasteiger partial charge is 0.306 e. The van der Waals surface area contributed by atoms with Crippen LogP contribution >= 0.6 is 0 Å². The lowest BCUT2D eigenvalue weighted by atomic mass is 9.96. The summed E-state index contributed by atoms with van der Waals surface area (Å²) in [5.41, 5.74) is 1.15. The molecule has 0 atom stereocenters. The minimum absolute atomic E-state index is 0.00915. The zero-order valence-corrected chi connectivity index (χ0v) is 12.3. The number of benzene rings is 1. The van der Waals surface area contributed by atoms with Gasteiger partial charge in [-0.2, -0.15) is 0 Å². The molecule has 1 fully saturated rings. The van der Waals surface area contributed by atoms with Gasteiger partial charge in [-0.05, 0) is 25.3 Å². The minimum Gasteiger partial charge on any atom is -0.481 e. The Morgan fingerprint density at radius 3 is 2.55 bits per heavy atom. The summed E-state index contributed by atoms with van der Waals surface area (Å²) in [6.45, 7) is 2.48. The molecule has 1 aliphatic heterocycles. The van der Waals surface area contributed by atoms with E-state index in [9.17, 15) is 19.7 Å². The predicted molar refractivity (Wildman–Crippen MR) is 78.5 cm³/mol. The third kappa shape index (κ3) is 3.41. The van der Waals surface area contributed by atoms with Crippen LogP contribution in [0.3, 0.4) is 0 Å². The molecule has 1 amide bonds. The summed E-state index contributed by atoms with van der Waals surface area (Å²) in [5.74, 6) is -1.32. The fourth-order valence-electron chi connectivity index (χ4n) is 2.71. The molecule has 0 radical (unpaired) electrons. The first-order chi connectivity index (χ1) is 10.4. The monoisotopic (exact) mass is 306 g/mol. The minimum atomic E-state index is -0.818. The molecule has 7 nitrogen and oxygen atoms in total. The standard InChI is InChI=1S/C15H18N2O5/c1-10-12(3-2-4-13(10)17(21)22)9-14(18)16-7-5-11(6-8-16)15(19)20/h2-4,11H,5-9H2,1H3,(H,19,20). The van der Waals surface area contributed by atoms with Gasteiger partial charge in [0.2, 0.25) is 5.91 Å². The van der Waals surface area contributed by atoms with Crippen molar-refractivity contribution in [2.45, 2.75) is 26.2 Å². The normalized spacial score (nSPS) is 15.6. The van der Waals surface area contributed by atoms with Gasteiger partial charge in [0, 0.05) is 24.7 Å². The third-order valence-corrected chi connectivity index (χ3v) is 4.15. The number of hydrogen-bond donors (Lipinski definition) is 1. The number of carboxylic acids is 1. The first-order valence-corrected chi connectivity index (χ1v) is 7.13. The molecule has 0 bridgehead atoms. The van der Waals surface area contributed by atoms with Gasteiger partial charge in [0.05, 0.1) is 17.3 Å². The quantitative estimate of drug-likeness (QED) is 0.675. The van der Waals surface area contributed by atoms with E-state index in [-0.39, 0.29) is 23.9 Å². The van der Waals surface area contributed by atoms with Gasteiger partial charge in [-0.15, -0.1) is 0 Å². The Morgan fingerprint density at radius 1 is 1.36 bits per heavy atom. The Bertz CT molecular complexity index is 606. The van der Waals surface area contributed by atoms with Crippen molar-refractivity contribution in [1.29, 1.82) is 0 Å². The zero-order chi connectivity index (χ0) is 16.3. The van der Waals surface area contributed by atoms with E-state index in [1.807, 2.05) is 0 Å². The maximum atomic E-state index is 12.3. The van der Waals surface area contributed by atoms with Gasteiger partial charge in [0.1, 0.15) is 0 Å². The Balaban J connectivity index is 2.03. The highest BCUT2D eigenvalue weighted by atomic mass is 16.6. The van der Waals surface area contributed by atoms with Crippen LogP contribution < -0.4 is 0 Å². The Morgan fingerprint density at radius 2 is 2.00 bits per heavy atom. The average molecular weight is 306 g/mol. The highest BCUT2D eigenvalue weighted by Gasteiger charge is 2.27. The summed E-state index contributed by atoms with van der Waals surface area (Å²) in [7, 11) is 0. The largest absolute Gasteiger partial charge is 0.481 e. The van der Waals surface area contributed by atoms with Crippen LogP contribution in [0.2, 0.25) is 0 Å². The summed E-state index contributed by atoms with van der Waals surface area (Å²) in [5, 5.41) is 19.9.